The maximum atomic E-state index is 12.0. The predicted octanol–water partition coefficient (Wildman–Crippen LogP) is 1.38. The van der Waals surface area contributed by atoms with E-state index in [1.165, 1.54) is 12.5 Å². The van der Waals surface area contributed by atoms with Crippen molar-refractivity contribution in [3.8, 4) is 5.82 Å². The molecule has 0 spiro atoms. The highest BCUT2D eigenvalue weighted by molar-refractivity contribution is 7.90. The number of aromatic nitrogens is 3. The van der Waals surface area contributed by atoms with E-state index in [0.29, 0.717) is 22.7 Å². The van der Waals surface area contributed by atoms with Gasteiger partial charge in [-0.25, -0.2) is 27.0 Å². The summed E-state index contributed by atoms with van der Waals surface area (Å²) in [5, 5.41) is 12.4. The molecule has 4 N–H and O–H groups in total. The lowest BCUT2D eigenvalue weighted by molar-refractivity contribution is 0.365. The van der Waals surface area contributed by atoms with Crippen LogP contribution >= 0.6 is 0 Å². The number of rotatable bonds is 7. The van der Waals surface area contributed by atoms with Crippen molar-refractivity contribution in [2.24, 2.45) is 5.14 Å². The molecule has 10 nitrogen and oxygen atoms in total. The number of benzene rings is 1. The van der Waals surface area contributed by atoms with E-state index in [4.69, 9.17) is 5.14 Å². The summed E-state index contributed by atoms with van der Waals surface area (Å²) in [5.41, 5.74) is 0.679. The van der Waals surface area contributed by atoms with Crippen LogP contribution in [0.4, 0.5) is 5.95 Å². The van der Waals surface area contributed by atoms with Gasteiger partial charge in [-0.05, 0) is 37.8 Å². The minimum Gasteiger partial charge on any atom is -0.351 e. The average molecular weight is 479 g/mol. The lowest BCUT2D eigenvalue weighted by Crippen LogP contribution is -2.39. The van der Waals surface area contributed by atoms with Gasteiger partial charge in [0.2, 0.25) is 16.0 Å². The Morgan fingerprint density at radius 2 is 1.75 bits per heavy atom. The summed E-state index contributed by atoms with van der Waals surface area (Å²) in [6, 6.07) is 9.15. The highest BCUT2D eigenvalue weighted by Gasteiger charge is 2.23. The summed E-state index contributed by atoms with van der Waals surface area (Å²) in [4.78, 5) is 8.93. The summed E-state index contributed by atoms with van der Waals surface area (Å²) < 4.78 is 48.4. The zero-order valence-corrected chi connectivity index (χ0v) is 19.2. The Morgan fingerprint density at radius 1 is 1.06 bits per heavy atom. The number of sulfonamides is 1. The average Bonchev–Trinajstić information content (AvgIpc) is 3.13. The Labute approximate surface area is 187 Å². The van der Waals surface area contributed by atoms with Crippen molar-refractivity contribution in [3.05, 3.63) is 42.7 Å². The Balaban J connectivity index is 1.50. The van der Waals surface area contributed by atoms with Gasteiger partial charge in [-0.2, -0.15) is 4.98 Å². The molecule has 1 aliphatic carbocycles. The van der Waals surface area contributed by atoms with E-state index >= 15 is 0 Å². The quantitative estimate of drug-likeness (QED) is 0.461. The Hall–Kier alpha value is -2.54. The van der Waals surface area contributed by atoms with Crippen molar-refractivity contribution in [3.63, 3.8) is 0 Å². The van der Waals surface area contributed by atoms with Gasteiger partial charge in [-0.1, -0.05) is 18.2 Å². The van der Waals surface area contributed by atoms with E-state index in [1.54, 1.807) is 29.0 Å². The monoisotopic (exact) mass is 478 g/mol. The zero-order chi connectivity index (χ0) is 22.9. The fourth-order valence-electron chi connectivity index (χ4n) is 4.01. The molecule has 0 aliphatic heterocycles. The van der Waals surface area contributed by atoms with Crippen molar-refractivity contribution >= 4 is 36.7 Å². The van der Waals surface area contributed by atoms with Crippen LogP contribution in [0.2, 0.25) is 0 Å². The zero-order valence-electron chi connectivity index (χ0n) is 17.6. The highest BCUT2D eigenvalue weighted by atomic mass is 32.2. The number of primary sulfonamides is 1. The van der Waals surface area contributed by atoms with Gasteiger partial charge in [0, 0.05) is 36.1 Å². The fourth-order valence-corrected chi connectivity index (χ4v) is 5.28. The number of sulfone groups is 1. The number of fused-ring (bicyclic) bond motifs is 1. The minimum atomic E-state index is -3.89. The number of hydrogen-bond donors (Lipinski definition) is 3. The Morgan fingerprint density at radius 3 is 2.44 bits per heavy atom. The number of hydrogen-bond acceptors (Lipinski definition) is 8. The summed E-state index contributed by atoms with van der Waals surface area (Å²) in [6.07, 6.45) is 7.74. The molecular weight excluding hydrogens is 452 g/mol. The lowest BCUT2D eigenvalue weighted by atomic mass is 9.91. The van der Waals surface area contributed by atoms with E-state index in [9.17, 15) is 16.8 Å². The van der Waals surface area contributed by atoms with Crippen LogP contribution in [0.3, 0.4) is 0 Å². The molecule has 1 saturated carbocycles. The van der Waals surface area contributed by atoms with E-state index < -0.39 is 19.9 Å². The second kappa shape index (κ2) is 8.77. The first-order chi connectivity index (χ1) is 15.1. The van der Waals surface area contributed by atoms with Crippen LogP contribution in [0.15, 0.2) is 47.6 Å². The second-order valence-corrected chi connectivity index (χ2v) is 11.8. The normalized spacial score (nSPS) is 19.8. The molecule has 32 heavy (non-hydrogen) atoms. The third kappa shape index (κ3) is 5.26. The Bertz CT molecular complexity index is 1330. The molecule has 3 aromatic rings. The third-order valence-electron chi connectivity index (χ3n) is 5.56. The minimum absolute atomic E-state index is 0.00769. The standard InChI is InChI=1S/C20H26N6O4S2/c1-31(27,28)13-23-14-6-8-15(9-7-14)24-20-22-11-10-19(25-20)26-12-18(32(21,29)30)16-4-2-3-5-17(16)26/h2-5,10-12,14-15,23H,6-9,13H2,1H3,(H2,21,29,30)(H,22,24,25). The molecule has 12 heteroatoms. The van der Waals surface area contributed by atoms with Gasteiger partial charge in [0.05, 0.1) is 11.4 Å². The highest BCUT2D eigenvalue weighted by Crippen LogP contribution is 2.27. The molecule has 1 fully saturated rings. The summed E-state index contributed by atoms with van der Waals surface area (Å²) in [5.74, 6) is 0.966. The third-order valence-corrected chi connectivity index (χ3v) is 7.19. The molecular formula is C20H26N6O4S2. The maximum absolute atomic E-state index is 12.0. The van der Waals surface area contributed by atoms with E-state index in [2.05, 4.69) is 20.6 Å². The molecule has 0 atom stereocenters. The van der Waals surface area contributed by atoms with Gasteiger partial charge in [-0.15, -0.1) is 0 Å². The largest absolute Gasteiger partial charge is 0.351 e. The molecule has 1 aromatic carbocycles. The lowest BCUT2D eigenvalue weighted by Gasteiger charge is -2.29. The molecule has 0 amide bonds. The molecule has 2 aromatic heterocycles. The molecule has 0 unspecified atom stereocenters. The van der Waals surface area contributed by atoms with E-state index in [0.717, 1.165) is 25.7 Å². The van der Waals surface area contributed by atoms with Gasteiger partial charge < -0.3 is 10.6 Å². The molecule has 4 rings (SSSR count). The SMILES string of the molecule is CS(=O)(=O)CNC1CCC(Nc2nccc(-n3cc(S(N)(=O)=O)c4ccccc43)n2)CC1. The molecule has 0 saturated heterocycles. The van der Waals surface area contributed by atoms with Gasteiger partial charge in [0.1, 0.15) is 10.7 Å². The van der Waals surface area contributed by atoms with Crippen LogP contribution in [0.5, 0.6) is 0 Å². The Kier molecular flexibility index (Phi) is 6.21. The number of nitrogens with two attached hydrogens (primary N) is 1. The van der Waals surface area contributed by atoms with Crippen molar-refractivity contribution in [2.75, 3.05) is 17.4 Å². The van der Waals surface area contributed by atoms with Crippen molar-refractivity contribution < 1.29 is 16.8 Å². The number of anilines is 1. The molecule has 0 bridgehead atoms. The van der Waals surface area contributed by atoms with Crippen LogP contribution < -0.4 is 15.8 Å². The van der Waals surface area contributed by atoms with Crippen LogP contribution in [-0.2, 0) is 19.9 Å². The summed E-state index contributed by atoms with van der Waals surface area (Å²) in [6.45, 7) is 0. The molecule has 0 radical (unpaired) electrons. The molecule has 172 valence electrons. The van der Waals surface area contributed by atoms with E-state index in [-0.39, 0.29) is 22.9 Å². The van der Waals surface area contributed by atoms with Crippen LogP contribution in [0.25, 0.3) is 16.7 Å². The van der Waals surface area contributed by atoms with Gasteiger partial charge in [0.15, 0.2) is 9.84 Å². The molecule has 1 aliphatic rings. The van der Waals surface area contributed by atoms with Gasteiger partial charge >= 0.3 is 0 Å². The fraction of sp³-hybridized carbons (Fsp3) is 0.400. The topological polar surface area (TPSA) is 149 Å². The van der Waals surface area contributed by atoms with Gasteiger partial charge in [-0.3, -0.25) is 4.57 Å². The molecule has 2 heterocycles. The van der Waals surface area contributed by atoms with Crippen molar-refractivity contribution in [1.82, 2.24) is 19.9 Å². The van der Waals surface area contributed by atoms with Crippen LogP contribution in [-0.4, -0.2) is 55.6 Å². The summed E-state index contributed by atoms with van der Waals surface area (Å²) in [7, 11) is -6.93. The predicted molar refractivity (Wildman–Crippen MR) is 123 cm³/mol. The van der Waals surface area contributed by atoms with Crippen LogP contribution in [0, 0.1) is 0 Å². The summed E-state index contributed by atoms with van der Waals surface area (Å²) >= 11 is 0. The van der Waals surface area contributed by atoms with Gasteiger partial charge in [0.25, 0.3) is 0 Å². The first-order valence-corrected chi connectivity index (χ1v) is 13.8. The number of nitrogens with zero attached hydrogens (tertiary/aromatic N) is 3. The number of para-hydroxylation sites is 1. The second-order valence-electron chi connectivity index (χ2n) is 8.13. The smallest absolute Gasteiger partial charge is 0.240 e. The first-order valence-electron chi connectivity index (χ1n) is 10.2. The van der Waals surface area contributed by atoms with Crippen molar-refractivity contribution in [1.29, 1.82) is 0 Å². The van der Waals surface area contributed by atoms with E-state index in [1.807, 2.05) is 12.1 Å². The maximum Gasteiger partial charge on any atom is 0.240 e. The first kappa shape index (κ1) is 22.6. The van der Waals surface area contributed by atoms with Crippen molar-refractivity contribution in [2.45, 2.75) is 42.7 Å². The number of nitrogens with one attached hydrogen (secondary N) is 2. The van der Waals surface area contributed by atoms with Crippen LogP contribution in [0.1, 0.15) is 25.7 Å².